The van der Waals surface area contributed by atoms with Crippen LogP contribution in [0.4, 0.5) is 0 Å². The van der Waals surface area contributed by atoms with Crippen LogP contribution in [0.3, 0.4) is 0 Å². The van der Waals surface area contributed by atoms with Gasteiger partial charge in [0, 0.05) is 0 Å². The molecule has 26 heavy (non-hydrogen) atoms. The van der Waals surface area contributed by atoms with E-state index in [2.05, 4.69) is 10.2 Å². The van der Waals surface area contributed by atoms with Crippen molar-refractivity contribution < 1.29 is 19.2 Å². The number of benzene rings is 2. The number of imide groups is 1. The van der Waals surface area contributed by atoms with Gasteiger partial charge in [-0.2, -0.15) is 0 Å². The Kier molecular flexibility index (Phi) is 3.58. The number of amides is 2. The topological polar surface area (TPSA) is 94.4 Å². The summed E-state index contributed by atoms with van der Waals surface area (Å²) in [6.45, 7) is 1.81. The van der Waals surface area contributed by atoms with Crippen molar-refractivity contribution in [2.75, 3.05) is 0 Å². The third-order valence-corrected chi connectivity index (χ3v) is 4.00. The van der Waals surface area contributed by atoms with Crippen molar-refractivity contribution in [3.8, 4) is 5.69 Å². The minimum atomic E-state index is -0.827. The first-order valence-electron chi connectivity index (χ1n) is 7.72. The van der Waals surface area contributed by atoms with Crippen LogP contribution in [0.25, 0.3) is 5.69 Å². The summed E-state index contributed by atoms with van der Waals surface area (Å²) in [5.74, 6) is -2.16. The number of carbonyl (C=O) groups excluding carboxylic acids is 3. The van der Waals surface area contributed by atoms with E-state index in [0.29, 0.717) is 10.8 Å². The fourth-order valence-corrected chi connectivity index (χ4v) is 2.75. The van der Waals surface area contributed by atoms with E-state index in [1.54, 1.807) is 28.8 Å². The maximum Gasteiger partial charge on any atom is 0.366 e. The highest BCUT2D eigenvalue weighted by atomic mass is 16.7. The van der Waals surface area contributed by atoms with Crippen molar-refractivity contribution in [1.29, 1.82) is 0 Å². The summed E-state index contributed by atoms with van der Waals surface area (Å²) < 4.78 is 1.54. The van der Waals surface area contributed by atoms with Crippen molar-refractivity contribution in [2.24, 2.45) is 0 Å². The van der Waals surface area contributed by atoms with Gasteiger partial charge in [-0.1, -0.05) is 28.8 Å². The summed E-state index contributed by atoms with van der Waals surface area (Å²) in [6.07, 6.45) is 2.87. The molecule has 0 N–H and O–H groups in total. The molecule has 1 aliphatic heterocycles. The van der Waals surface area contributed by atoms with Crippen LogP contribution in [0.5, 0.6) is 0 Å². The number of hydrogen-bond acceptors (Lipinski definition) is 6. The molecule has 0 radical (unpaired) electrons. The Labute approximate surface area is 147 Å². The number of hydrogen-bond donors (Lipinski definition) is 0. The molecule has 2 aromatic carbocycles. The number of aryl methyl sites for hydroxylation is 1. The zero-order chi connectivity index (χ0) is 18.3. The molecule has 0 aliphatic carbocycles. The van der Waals surface area contributed by atoms with E-state index in [1.807, 2.05) is 13.0 Å². The van der Waals surface area contributed by atoms with Crippen LogP contribution in [0, 0.1) is 6.92 Å². The Balaban J connectivity index is 1.67. The molecule has 0 bridgehead atoms. The van der Waals surface area contributed by atoms with E-state index >= 15 is 0 Å². The highest BCUT2D eigenvalue weighted by Gasteiger charge is 2.39. The number of rotatable bonds is 3. The average molecular weight is 348 g/mol. The third-order valence-electron chi connectivity index (χ3n) is 4.00. The summed E-state index contributed by atoms with van der Waals surface area (Å²) in [4.78, 5) is 42.5. The second-order valence-corrected chi connectivity index (χ2v) is 5.72. The largest absolute Gasteiger partial charge is 0.366 e. The van der Waals surface area contributed by atoms with Gasteiger partial charge in [-0.05, 0) is 31.2 Å². The summed E-state index contributed by atoms with van der Waals surface area (Å²) in [6, 6.07) is 11.4. The molecule has 128 valence electrons. The van der Waals surface area contributed by atoms with Gasteiger partial charge in [0.2, 0.25) is 0 Å². The Morgan fingerprint density at radius 1 is 0.962 bits per heavy atom. The second-order valence-electron chi connectivity index (χ2n) is 5.72. The van der Waals surface area contributed by atoms with Crippen molar-refractivity contribution in [3.63, 3.8) is 0 Å². The molecule has 0 fully saturated rings. The van der Waals surface area contributed by atoms with Crippen LogP contribution in [0.15, 0.2) is 55.1 Å². The monoisotopic (exact) mass is 348 g/mol. The van der Waals surface area contributed by atoms with Gasteiger partial charge in [-0.3, -0.25) is 14.2 Å². The lowest BCUT2D eigenvalue weighted by Crippen LogP contribution is -2.33. The molecule has 1 aromatic heterocycles. The highest BCUT2D eigenvalue weighted by molar-refractivity contribution is 6.21. The molecule has 8 heteroatoms. The van der Waals surface area contributed by atoms with E-state index in [-0.39, 0.29) is 16.7 Å². The van der Waals surface area contributed by atoms with Crippen LogP contribution in [-0.2, 0) is 4.84 Å². The van der Waals surface area contributed by atoms with Crippen LogP contribution in [-0.4, -0.2) is 37.6 Å². The van der Waals surface area contributed by atoms with Gasteiger partial charge >= 0.3 is 5.97 Å². The van der Waals surface area contributed by atoms with Crippen molar-refractivity contribution in [2.45, 2.75) is 6.92 Å². The zero-order valence-corrected chi connectivity index (χ0v) is 13.6. The van der Waals surface area contributed by atoms with Crippen LogP contribution in [0.2, 0.25) is 0 Å². The van der Waals surface area contributed by atoms with Gasteiger partial charge in [0.05, 0.1) is 22.4 Å². The molecule has 4 rings (SSSR count). The highest BCUT2D eigenvalue weighted by Crippen LogP contribution is 2.24. The van der Waals surface area contributed by atoms with E-state index in [9.17, 15) is 14.4 Å². The SMILES string of the molecule is Cc1ccc(-n2cnnc2)c(C(=O)ON2C(=O)c3ccccc3C2=O)c1. The second kappa shape index (κ2) is 5.92. The molecule has 2 amide bonds. The number of hydroxylamine groups is 2. The molecule has 0 saturated heterocycles. The van der Waals surface area contributed by atoms with E-state index in [0.717, 1.165) is 5.56 Å². The first-order chi connectivity index (χ1) is 12.6. The maximum absolute atomic E-state index is 12.7. The lowest BCUT2D eigenvalue weighted by molar-refractivity contribution is -0.0584. The molecular formula is C18H12N4O4. The number of nitrogens with zero attached hydrogens (tertiary/aromatic N) is 4. The van der Waals surface area contributed by atoms with E-state index in [4.69, 9.17) is 4.84 Å². The normalized spacial score (nSPS) is 13.0. The molecule has 0 atom stereocenters. The predicted octanol–water partition coefficient (Wildman–Crippen LogP) is 1.94. The molecule has 1 aliphatic rings. The van der Waals surface area contributed by atoms with Gasteiger partial charge in [0.1, 0.15) is 12.7 Å². The lowest BCUT2D eigenvalue weighted by Gasteiger charge is -2.15. The molecule has 0 saturated carbocycles. The predicted molar refractivity (Wildman–Crippen MR) is 88.5 cm³/mol. The molecular weight excluding hydrogens is 336 g/mol. The summed E-state index contributed by atoms with van der Waals surface area (Å²) >= 11 is 0. The third kappa shape index (κ3) is 2.44. The Bertz CT molecular complexity index is 1010. The smallest absolute Gasteiger partial charge is 0.324 e. The van der Waals surface area contributed by atoms with Gasteiger partial charge in [0.25, 0.3) is 11.8 Å². The van der Waals surface area contributed by atoms with Crippen LogP contribution in [0.1, 0.15) is 36.6 Å². The van der Waals surface area contributed by atoms with Crippen molar-refractivity contribution >= 4 is 17.8 Å². The Morgan fingerprint density at radius 2 is 1.58 bits per heavy atom. The molecule has 0 spiro atoms. The minimum Gasteiger partial charge on any atom is -0.324 e. The van der Waals surface area contributed by atoms with Crippen molar-refractivity contribution in [3.05, 3.63) is 77.4 Å². The lowest BCUT2D eigenvalue weighted by atomic mass is 10.1. The summed E-state index contributed by atoms with van der Waals surface area (Å²) in [5, 5.41) is 7.93. The minimum absolute atomic E-state index is 0.182. The fourth-order valence-electron chi connectivity index (χ4n) is 2.75. The number of carbonyl (C=O) groups is 3. The first kappa shape index (κ1) is 15.7. The number of aromatic nitrogens is 3. The molecule has 2 heterocycles. The first-order valence-corrected chi connectivity index (χ1v) is 7.72. The van der Waals surface area contributed by atoms with E-state index in [1.165, 1.54) is 24.8 Å². The zero-order valence-electron chi connectivity index (χ0n) is 13.6. The number of fused-ring (bicyclic) bond motifs is 1. The quantitative estimate of drug-likeness (QED) is 0.672. The van der Waals surface area contributed by atoms with Crippen LogP contribution >= 0.6 is 0 Å². The average Bonchev–Trinajstić information content (AvgIpc) is 3.26. The fraction of sp³-hybridized carbons (Fsp3) is 0.0556. The summed E-state index contributed by atoms with van der Waals surface area (Å²) in [5.41, 5.74) is 1.88. The maximum atomic E-state index is 12.7. The van der Waals surface area contributed by atoms with Gasteiger partial charge in [-0.15, -0.1) is 10.2 Å². The Morgan fingerprint density at radius 3 is 2.19 bits per heavy atom. The van der Waals surface area contributed by atoms with Gasteiger partial charge < -0.3 is 4.84 Å². The van der Waals surface area contributed by atoms with Crippen molar-refractivity contribution in [1.82, 2.24) is 19.8 Å². The van der Waals surface area contributed by atoms with Gasteiger partial charge in [0.15, 0.2) is 0 Å². The standard InChI is InChI=1S/C18H12N4O4/c1-11-6-7-15(21-9-19-20-10-21)14(8-11)18(25)26-22-16(23)12-4-2-3-5-13(12)17(22)24/h2-10H,1H3. The van der Waals surface area contributed by atoms with Crippen LogP contribution < -0.4 is 0 Å². The molecule has 3 aromatic rings. The van der Waals surface area contributed by atoms with Gasteiger partial charge in [-0.25, -0.2) is 4.79 Å². The molecule has 0 unspecified atom stereocenters. The van der Waals surface area contributed by atoms with E-state index < -0.39 is 17.8 Å². The summed E-state index contributed by atoms with van der Waals surface area (Å²) in [7, 11) is 0. The Hall–Kier alpha value is -3.81. The molecule has 8 nitrogen and oxygen atoms in total.